The van der Waals surface area contributed by atoms with E-state index in [-0.39, 0.29) is 29.6 Å². The predicted molar refractivity (Wildman–Crippen MR) is 61.9 cm³/mol. The van der Waals surface area contributed by atoms with Gasteiger partial charge < -0.3 is 14.7 Å². The second-order valence-corrected chi connectivity index (χ2v) is 4.64. The standard InChI is InChI=1S/C11H13FN4O2/c12-8-2-7(1-6(8)3-17)16-5-15-9-10(16)13-4-14-11(9)18/h4-8,17H,1-3H2,(H,13,14,18). The molecule has 1 aliphatic carbocycles. The summed E-state index contributed by atoms with van der Waals surface area (Å²) < 4.78 is 15.4. The lowest BCUT2D eigenvalue weighted by Crippen LogP contribution is -2.11. The van der Waals surface area contributed by atoms with Crippen LogP contribution in [0.2, 0.25) is 0 Å². The number of nitrogens with zero attached hydrogens (tertiary/aromatic N) is 3. The number of H-pyrrole nitrogens is 1. The number of aliphatic hydroxyl groups is 1. The summed E-state index contributed by atoms with van der Waals surface area (Å²) in [6.45, 7) is -0.154. The Morgan fingerprint density at radius 3 is 3.06 bits per heavy atom. The van der Waals surface area contributed by atoms with Crippen LogP contribution < -0.4 is 5.56 Å². The monoisotopic (exact) mass is 252 g/mol. The molecule has 2 N–H and O–H groups in total. The molecule has 3 unspecified atom stereocenters. The lowest BCUT2D eigenvalue weighted by atomic mass is 10.1. The molecule has 3 atom stereocenters. The van der Waals surface area contributed by atoms with Crippen LogP contribution in [0.15, 0.2) is 17.4 Å². The van der Waals surface area contributed by atoms with E-state index in [1.54, 1.807) is 4.57 Å². The highest BCUT2D eigenvalue weighted by molar-refractivity contribution is 5.68. The Kier molecular flexibility index (Phi) is 2.62. The second-order valence-electron chi connectivity index (χ2n) is 4.64. The van der Waals surface area contributed by atoms with Crippen LogP contribution in [0.5, 0.6) is 0 Å². The topological polar surface area (TPSA) is 83.8 Å². The summed E-state index contributed by atoms with van der Waals surface area (Å²) in [5.41, 5.74) is 0.433. The third kappa shape index (κ3) is 1.62. The van der Waals surface area contributed by atoms with Gasteiger partial charge in [0.2, 0.25) is 0 Å². The average Bonchev–Trinajstić information content (AvgIpc) is 2.93. The van der Waals surface area contributed by atoms with Crippen molar-refractivity contribution in [1.29, 1.82) is 0 Å². The summed E-state index contributed by atoms with van der Waals surface area (Å²) in [4.78, 5) is 22.0. The molecule has 0 bridgehead atoms. The first-order chi connectivity index (χ1) is 8.70. The SMILES string of the molecule is O=c1[nH]cnc2c1ncn2C1CC(F)C(CO)C1. The molecular weight excluding hydrogens is 239 g/mol. The molecule has 0 spiro atoms. The Hall–Kier alpha value is -1.76. The Labute approximate surface area is 101 Å². The largest absolute Gasteiger partial charge is 0.396 e. The van der Waals surface area contributed by atoms with Crippen molar-refractivity contribution in [2.75, 3.05) is 6.61 Å². The van der Waals surface area contributed by atoms with Crippen molar-refractivity contribution in [2.24, 2.45) is 5.92 Å². The van der Waals surface area contributed by atoms with Gasteiger partial charge in [-0.05, 0) is 12.8 Å². The van der Waals surface area contributed by atoms with Crippen LogP contribution in [0.25, 0.3) is 11.2 Å². The quantitative estimate of drug-likeness (QED) is 0.810. The molecule has 7 heteroatoms. The predicted octanol–water partition coefficient (Wildman–Crippen LogP) is 0.401. The van der Waals surface area contributed by atoms with E-state index in [4.69, 9.17) is 5.11 Å². The van der Waals surface area contributed by atoms with Crippen molar-refractivity contribution in [1.82, 2.24) is 19.5 Å². The first-order valence-electron chi connectivity index (χ1n) is 5.86. The van der Waals surface area contributed by atoms with E-state index in [9.17, 15) is 9.18 Å². The molecule has 6 nitrogen and oxygen atoms in total. The van der Waals surface area contributed by atoms with E-state index in [0.29, 0.717) is 18.5 Å². The van der Waals surface area contributed by atoms with Gasteiger partial charge in [-0.1, -0.05) is 0 Å². The number of aliphatic hydroxyl groups excluding tert-OH is 1. The van der Waals surface area contributed by atoms with E-state index < -0.39 is 6.17 Å². The highest BCUT2D eigenvalue weighted by atomic mass is 19.1. The van der Waals surface area contributed by atoms with Crippen molar-refractivity contribution in [2.45, 2.75) is 25.1 Å². The van der Waals surface area contributed by atoms with Gasteiger partial charge in [0.15, 0.2) is 11.2 Å². The minimum Gasteiger partial charge on any atom is -0.396 e. The van der Waals surface area contributed by atoms with Crippen LogP contribution in [-0.2, 0) is 0 Å². The number of nitrogens with one attached hydrogen (secondary N) is 1. The normalized spacial score (nSPS) is 28.0. The van der Waals surface area contributed by atoms with Gasteiger partial charge in [-0.2, -0.15) is 0 Å². The van der Waals surface area contributed by atoms with Gasteiger partial charge in [0.05, 0.1) is 12.7 Å². The molecule has 18 heavy (non-hydrogen) atoms. The lowest BCUT2D eigenvalue weighted by Gasteiger charge is -2.11. The highest BCUT2D eigenvalue weighted by Crippen LogP contribution is 2.37. The molecule has 2 aromatic heterocycles. The van der Waals surface area contributed by atoms with Crippen molar-refractivity contribution in [3.8, 4) is 0 Å². The summed E-state index contributed by atoms with van der Waals surface area (Å²) in [6, 6.07) is -0.101. The van der Waals surface area contributed by atoms with Gasteiger partial charge >= 0.3 is 0 Å². The van der Waals surface area contributed by atoms with Crippen LogP contribution in [0.3, 0.4) is 0 Å². The zero-order valence-corrected chi connectivity index (χ0v) is 9.58. The number of aromatic nitrogens is 4. The van der Waals surface area contributed by atoms with E-state index in [1.807, 2.05) is 0 Å². The Bertz CT molecular complexity index is 623. The van der Waals surface area contributed by atoms with E-state index in [0.717, 1.165) is 0 Å². The van der Waals surface area contributed by atoms with Crippen molar-refractivity contribution in [3.63, 3.8) is 0 Å². The zero-order valence-electron chi connectivity index (χ0n) is 9.58. The molecule has 2 heterocycles. The molecule has 96 valence electrons. The molecule has 0 saturated heterocycles. The van der Waals surface area contributed by atoms with Gasteiger partial charge in [0.25, 0.3) is 5.56 Å². The molecular formula is C11H13FN4O2. The highest BCUT2D eigenvalue weighted by Gasteiger charge is 2.35. The average molecular weight is 252 g/mol. The van der Waals surface area contributed by atoms with Gasteiger partial charge in [-0.15, -0.1) is 0 Å². The number of hydrogen-bond donors (Lipinski definition) is 2. The first kappa shape index (κ1) is 11.3. The van der Waals surface area contributed by atoms with Crippen LogP contribution in [0.4, 0.5) is 4.39 Å². The Balaban J connectivity index is 2.01. The van der Waals surface area contributed by atoms with E-state index in [1.165, 1.54) is 12.7 Å². The fourth-order valence-corrected chi connectivity index (χ4v) is 2.59. The molecule has 0 aliphatic heterocycles. The van der Waals surface area contributed by atoms with Crippen molar-refractivity contribution in [3.05, 3.63) is 23.0 Å². The molecule has 3 rings (SSSR count). The smallest absolute Gasteiger partial charge is 0.278 e. The van der Waals surface area contributed by atoms with Gasteiger partial charge in [0.1, 0.15) is 6.17 Å². The van der Waals surface area contributed by atoms with Crippen LogP contribution >= 0.6 is 0 Å². The number of rotatable bonds is 2. The summed E-state index contributed by atoms with van der Waals surface area (Å²) in [5.74, 6) is -0.338. The van der Waals surface area contributed by atoms with E-state index >= 15 is 0 Å². The van der Waals surface area contributed by atoms with Crippen molar-refractivity contribution >= 4 is 11.2 Å². The van der Waals surface area contributed by atoms with E-state index in [2.05, 4.69) is 15.0 Å². The first-order valence-corrected chi connectivity index (χ1v) is 5.86. The molecule has 2 aromatic rings. The van der Waals surface area contributed by atoms with Gasteiger partial charge in [-0.25, -0.2) is 14.4 Å². The maximum Gasteiger partial charge on any atom is 0.278 e. The minimum absolute atomic E-state index is 0.101. The summed E-state index contributed by atoms with van der Waals surface area (Å²) in [6.07, 6.45) is 2.68. The summed E-state index contributed by atoms with van der Waals surface area (Å²) >= 11 is 0. The molecule has 0 radical (unpaired) electrons. The third-order valence-corrected chi connectivity index (χ3v) is 3.58. The van der Waals surface area contributed by atoms with Gasteiger partial charge in [-0.3, -0.25) is 4.79 Å². The fourth-order valence-electron chi connectivity index (χ4n) is 2.59. The van der Waals surface area contributed by atoms with Crippen LogP contribution in [-0.4, -0.2) is 37.4 Å². The zero-order chi connectivity index (χ0) is 12.7. The maximum absolute atomic E-state index is 13.6. The molecule has 1 aliphatic rings. The number of fused-ring (bicyclic) bond motifs is 1. The maximum atomic E-state index is 13.6. The van der Waals surface area contributed by atoms with Gasteiger partial charge in [0, 0.05) is 18.6 Å². The Morgan fingerprint density at radius 1 is 1.50 bits per heavy atom. The second kappa shape index (κ2) is 4.16. The molecule has 0 aromatic carbocycles. The third-order valence-electron chi connectivity index (χ3n) is 3.58. The number of halogens is 1. The van der Waals surface area contributed by atoms with Crippen LogP contribution in [0.1, 0.15) is 18.9 Å². The number of imidazole rings is 1. The molecule has 1 saturated carbocycles. The number of aromatic amines is 1. The minimum atomic E-state index is -1.01. The Morgan fingerprint density at radius 2 is 2.33 bits per heavy atom. The molecule has 1 fully saturated rings. The molecule has 0 amide bonds. The van der Waals surface area contributed by atoms with Crippen LogP contribution in [0, 0.1) is 5.92 Å². The number of hydrogen-bond acceptors (Lipinski definition) is 4. The number of alkyl halides is 1. The fraction of sp³-hybridized carbons (Fsp3) is 0.545. The lowest BCUT2D eigenvalue weighted by molar-refractivity contribution is 0.162. The van der Waals surface area contributed by atoms with Crippen molar-refractivity contribution < 1.29 is 9.50 Å². The summed E-state index contributed by atoms with van der Waals surface area (Å²) in [7, 11) is 0. The summed E-state index contributed by atoms with van der Waals surface area (Å²) in [5, 5.41) is 9.07.